The first-order valence-corrected chi connectivity index (χ1v) is 7.65. The lowest BCUT2D eigenvalue weighted by atomic mass is 9.95. The molecule has 24 heavy (non-hydrogen) atoms. The molecule has 8 nitrogen and oxygen atoms in total. The zero-order valence-corrected chi connectivity index (χ0v) is 13.2. The third-order valence-electron chi connectivity index (χ3n) is 4.05. The predicted octanol–water partition coefficient (Wildman–Crippen LogP) is 1.16. The Morgan fingerprint density at radius 2 is 1.96 bits per heavy atom. The van der Waals surface area contributed by atoms with E-state index in [4.69, 9.17) is 5.11 Å². The Labute approximate surface area is 138 Å². The van der Waals surface area contributed by atoms with Crippen LogP contribution in [0.2, 0.25) is 0 Å². The first-order valence-electron chi connectivity index (χ1n) is 7.65. The number of aromatic nitrogens is 2. The van der Waals surface area contributed by atoms with Crippen LogP contribution in [0.1, 0.15) is 12.6 Å². The van der Waals surface area contributed by atoms with Crippen molar-refractivity contribution in [3.8, 4) is 11.4 Å². The topological polar surface area (TPSA) is 113 Å². The number of aliphatic hydroxyl groups excluding tert-OH is 1. The number of hydrogen-bond donors (Lipinski definition) is 2. The molecule has 0 unspecified atom stereocenters. The van der Waals surface area contributed by atoms with Crippen LogP contribution in [-0.2, 0) is 6.42 Å². The van der Waals surface area contributed by atoms with Crippen molar-refractivity contribution in [2.45, 2.75) is 18.9 Å². The van der Waals surface area contributed by atoms with Crippen molar-refractivity contribution in [3.05, 3.63) is 46.1 Å². The third kappa shape index (κ3) is 3.06. The lowest BCUT2D eigenvalue weighted by Crippen LogP contribution is -2.64. The number of β-amino-alcohol motifs (C(OH)–C–C–N with tert-alkyl or cyclic N) is 1. The summed E-state index contributed by atoms with van der Waals surface area (Å²) < 4.78 is 0. The minimum absolute atomic E-state index is 0.0152. The van der Waals surface area contributed by atoms with Crippen LogP contribution < -0.4 is 4.90 Å². The average molecular weight is 330 g/mol. The number of aliphatic hydroxyl groups is 2. The van der Waals surface area contributed by atoms with Gasteiger partial charge in [-0.3, -0.25) is 10.1 Å². The molecule has 2 heterocycles. The molecule has 0 spiro atoms. The Morgan fingerprint density at radius 3 is 2.50 bits per heavy atom. The average Bonchev–Trinajstić information content (AvgIpc) is 2.58. The second-order valence-corrected chi connectivity index (χ2v) is 5.94. The van der Waals surface area contributed by atoms with Crippen LogP contribution in [0.4, 0.5) is 11.5 Å². The summed E-state index contributed by atoms with van der Waals surface area (Å²) in [6.07, 6.45) is 0.716. The van der Waals surface area contributed by atoms with Crippen LogP contribution in [0.3, 0.4) is 0 Å². The largest absolute Gasteiger partial charge is 0.393 e. The van der Waals surface area contributed by atoms with Gasteiger partial charge in [-0.15, -0.1) is 0 Å². The van der Waals surface area contributed by atoms with Gasteiger partial charge in [0.1, 0.15) is 11.4 Å². The van der Waals surface area contributed by atoms with Crippen molar-refractivity contribution >= 4 is 11.5 Å². The van der Waals surface area contributed by atoms with E-state index in [0.29, 0.717) is 36.7 Å². The molecule has 0 aliphatic carbocycles. The van der Waals surface area contributed by atoms with Crippen LogP contribution in [0.15, 0.2) is 30.3 Å². The Morgan fingerprint density at radius 1 is 1.29 bits per heavy atom. The molecule has 0 saturated carbocycles. The molecule has 1 aromatic heterocycles. The molecule has 1 saturated heterocycles. The zero-order valence-electron chi connectivity index (χ0n) is 13.2. The minimum Gasteiger partial charge on any atom is -0.393 e. The van der Waals surface area contributed by atoms with Crippen LogP contribution in [0.25, 0.3) is 11.4 Å². The third-order valence-corrected chi connectivity index (χ3v) is 4.05. The Bertz CT molecular complexity index is 757. The summed E-state index contributed by atoms with van der Waals surface area (Å²) in [7, 11) is 0. The van der Waals surface area contributed by atoms with Crippen molar-refractivity contribution in [3.63, 3.8) is 0 Å². The van der Waals surface area contributed by atoms with E-state index in [1.165, 1.54) is 12.1 Å². The zero-order chi connectivity index (χ0) is 17.3. The Balaban J connectivity index is 1.91. The molecule has 0 amide bonds. The summed E-state index contributed by atoms with van der Waals surface area (Å²) in [4.78, 5) is 21.1. The highest BCUT2D eigenvalue weighted by atomic mass is 16.6. The molecule has 1 aromatic carbocycles. The van der Waals surface area contributed by atoms with Gasteiger partial charge in [0.25, 0.3) is 5.69 Å². The summed E-state index contributed by atoms with van der Waals surface area (Å²) in [5, 5.41) is 29.8. The molecule has 1 aliphatic rings. The van der Waals surface area contributed by atoms with Gasteiger partial charge in [0.2, 0.25) is 0 Å². The van der Waals surface area contributed by atoms with E-state index >= 15 is 0 Å². The van der Waals surface area contributed by atoms with Gasteiger partial charge in [-0.2, -0.15) is 0 Å². The molecule has 126 valence electrons. The molecule has 8 heteroatoms. The van der Waals surface area contributed by atoms with Gasteiger partial charge in [-0.05, 0) is 18.6 Å². The number of rotatable bonds is 5. The summed E-state index contributed by atoms with van der Waals surface area (Å²) in [6.45, 7) is 2.31. The van der Waals surface area contributed by atoms with E-state index in [2.05, 4.69) is 9.97 Å². The molecule has 1 fully saturated rings. The van der Waals surface area contributed by atoms with Crippen molar-refractivity contribution in [1.82, 2.24) is 9.97 Å². The summed E-state index contributed by atoms with van der Waals surface area (Å²) >= 11 is 0. The highest BCUT2D eigenvalue weighted by Gasteiger charge is 2.41. The minimum atomic E-state index is -1.08. The quantitative estimate of drug-likeness (QED) is 0.624. The SMILES string of the molecule is CCc1cc(N2CC(O)(CO)C2)nc(-c2ccc([N+](=O)[O-])cc2)n1. The van der Waals surface area contributed by atoms with E-state index < -0.39 is 10.5 Å². The molecule has 2 N–H and O–H groups in total. The normalized spacial score (nSPS) is 15.9. The number of hydrogen-bond acceptors (Lipinski definition) is 7. The van der Waals surface area contributed by atoms with Crippen molar-refractivity contribution in [2.75, 3.05) is 24.6 Å². The van der Waals surface area contributed by atoms with Crippen LogP contribution in [0, 0.1) is 10.1 Å². The highest BCUT2D eigenvalue weighted by Crippen LogP contribution is 2.28. The van der Waals surface area contributed by atoms with Gasteiger partial charge >= 0.3 is 0 Å². The first kappa shape index (κ1) is 16.3. The first-order chi connectivity index (χ1) is 11.4. The van der Waals surface area contributed by atoms with E-state index in [-0.39, 0.29) is 12.3 Å². The second kappa shape index (κ2) is 6.14. The number of benzene rings is 1. The molecule has 0 atom stereocenters. The molecular weight excluding hydrogens is 312 g/mol. The van der Waals surface area contributed by atoms with E-state index in [0.717, 1.165) is 5.69 Å². The monoisotopic (exact) mass is 330 g/mol. The predicted molar refractivity (Wildman–Crippen MR) is 87.7 cm³/mol. The Hall–Kier alpha value is -2.58. The standard InChI is InChI=1S/C16H18N4O4/c1-2-12-7-14(19-8-16(22,9-19)10-21)18-15(17-12)11-3-5-13(6-4-11)20(23)24/h3-7,21-22H,2,8-10H2,1H3. The van der Waals surface area contributed by atoms with E-state index in [1.807, 2.05) is 17.9 Å². The van der Waals surface area contributed by atoms with Crippen molar-refractivity contribution < 1.29 is 15.1 Å². The number of aryl methyl sites for hydroxylation is 1. The van der Waals surface area contributed by atoms with Crippen molar-refractivity contribution in [1.29, 1.82) is 0 Å². The van der Waals surface area contributed by atoms with Crippen LogP contribution >= 0.6 is 0 Å². The number of non-ortho nitro benzene ring substituents is 1. The fourth-order valence-electron chi connectivity index (χ4n) is 2.61. The number of nitro groups is 1. The molecule has 3 rings (SSSR count). The number of anilines is 1. The molecule has 2 aromatic rings. The number of nitro benzene ring substituents is 1. The lowest BCUT2D eigenvalue weighted by molar-refractivity contribution is -0.384. The van der Waals surface area contributed by atoms with Gasteiger partial charge in [0.05, 0.1) is 24.6 Å². The second-order valence-electron chi connectivity index (χ2n) is 5.94. The lowest BCUT2D eigenvalue weighted by Gasteiger charge is -2.46. The summed E-state index contributed by atoms with van der Waals surface area (Å²) in [5.74, 6) is 1.16. The molecule has 0 radical (unpaired) electrons. The van der Waals surface area contributed by atoms with Gasteiger partial charge in [0, 0.05) is 29.5 Å². The van der Waals surface area contributed by atoms with Gasteiger partial charge < -0.3 is 15.1 Å². The highest BCUT2D eigenvalue weighted by molar-refractivity contribution is 5.60. The van der Waals surface area contributed by atoms with Crippen molar-refractivity contribution in [2.24, 2.45) is 0 Å². The smallest absolute Gasteiger partial charge is 0.269 e. The molecular formula is C16H18N4O4. The number of nitrogens with zero attached hydrogens (tertiary/aromatic N) is 4. The summed E-state index contributed by atoms with van der Waals surface area (Å²) in [5.41, 5.74) is 0.467. The maximum absolute atomic E-state index is 10.8. The van der Waals surface area contributed by atoms with Gasteiger partial charge in [0.15, 0.2) is 5.82 Å². The fraction of sp³-hybridized carbons (Fsp3) is 0.375. The van der Waals surface area contributed by atoms with Crippen LogP contribution in [0.5, 0.6) is 0 Å². The van der Waals surface area contributed by atoms with Crippen LogP contribution in [-0.4, -0.2) is 50.4 Å². The van der Waals surface area contributed by atoms with E-state index in [1.54, 1.807) is 12.1 Å². The Kier molecular flexibility index (Phi) is 4.16. The van der Waals surface area contributed by atoms with Gasteiger partial charge in [-0.25, -0.2) is 9.97 Å². The molecule has 0 bridgehead atoms. The molecule has 1 aliphatic heterocycles. The maximum atomic E-state index is 10.8. The fourth-order valence-corrected chi connectivity index (χ4v) is 2.61. The maximum Gasteiger partial charge on any atom is 0.269 e. The van der Waals surface area contributed by atoms with Gasteiger partial charge in [-0.1, -0.05) is 6.92 Å². The van der Waals surface area contributed by atoms with E-state index in [9.17, 15) is 15.2 Å². The summed E-state index contributed by atoms with van der Waals surface area (Å²) in [6, 6.07) is 7.94.